The number of methoxy groups -OCH3 is 1. The number of benzene rings is 2. The van der Waals surface area contributed by atoms with Gasteiger partial charge in [0.25, 0.3) is 5.91 Å². The molecule has 1 aliphatic heterocycles. The number of carbonyl (C=O) groups excluding carboxylic acids is 2. The zero-order chi connectivity index (χ0) is 18.8. The van der Waals surface area contributed by atoms with Gasteiger partial charge in [-0.25, -0.2) is 0 Å². The lowest BCUT2D eigenvalue weighted by Gasteiger charge is -2.31. The Kier molecular flexibility index (Phi) is 4.85. The minimum absolute atomic E-state index is 0.105. The number of carbonyl (C=O) groups is 2. The lowest BCUT2D eigenvalue weighted by molar-refractivity contribution is -0.140. The molecule has 2 heterocycles. The molecule has 0 saturated carbocycles. The summed E-state index contributed by atoms with van der Waals surface area (Å²) in [6, 6.07) is 15.0. The number of hydrogen-bond donors (Lipinski definition) is 0. The Balaban J connectivity index is 1.64. The number of fused-ring (bicyclic) bond motifs is 1. The van der Waals surface area contributed by atoms with Crippen LogP contribution in [0.25, 0.3) is 22.2 Å². The summed E-state index contributed by atoms with van der Waals surface area (Å²) in [5.74, 6) is 0.947. The number of ether oxygens (including phenoxy) is 1. The van der Waals surface area contributed by atoms with Crippen molar-refractivity contribution in [3.05, 3.63) is 54.1 Å². The number of hydrogen-bond acceptors (Lipinski definition) is 6. The summed E-state index contributed by atoms with van der Waals surface area (Å²) < 4.78 is 10.3. The molecule has 0 N–H and O–H groups in total. The van der Waals surface area contributed by atoms with Gasteiger partial charge in [-0.15, -0.1) is 11.8 Å². The maximum atomic E-state index is 13.0. The minimum atomic E-state index is -0.341. The van der Waals surface area contributed by atoms with Crippen LogP contribution in [0.3, 0.4) is 0 Å². The highest BCUT2D eigenvalue weighted by atomic mass is 32.2. The first kappa shape index (κ1) is 17.6. The van der Waals surface area contributed by atoms with Crippen LogP contribution in [0.2, 0.25) is 0 Å². The fourth-order valence-corrected chi connectivity index (χ4v) is 4.29. The molecule has 4 rings (SSSR count). The van der Waals surface area contributed by atoms with Gasteiger partial charge in [0.05, 0.1) is 12.5 Å². The van der Waals surface area contributed by atoms with Crippen molar-refractivity contribution in [2.24, 2.45) is 0 Å². The molecule has 0 spiro atoms. The third-order valence-electron chi connectivity index (χ3n) is 4.58. The molecule has 0 bridgehead atoms. The lowest BCUT2D eigenvalue weighted by Crippen LogP contribution is -2.44. The largest absolute Gasteiger partial charge is 0.468 e. The number of thioether (sulfide) groups is 1. The zero-order valence-electron chi connectivity index (χ0n) is 14.8. The molecule has 1 atom stereocenters. The minimum Gasteiger partial charge on any atom is -0.468 e. The van der Waals surface area contributed by atoms with Gasteiger partial charge in [0, 0.05) is 30.0 Å². The molecule has 27 heavy (non-hydrogen) atoms. The Bertz CT molecular complexity index is 986. The van der Waals surface area contributed by atoms with Gasteiger partial charge < -0.3 is 14.2 Å². The van der Waals surface area contributed by atoms with Crippen LogP contribution in [0.5, 0.6) is 0 Å². The number of amides is 1. The van der Waals surface area contributed by atoms with Crippen molar-refractivity contribution < 1.29 is 18.8 Å². The van der Waals surface area contributed by atoms with Crippen LogP contribution in [0.15, 0.2) is 53.1 Å². The van der Waals surface area contributed by atoms with Gasteiger partial charge >= 0.3 is 5.97 Å². The topological polar surface area (TPSA) is 72.6 Å². The van der Waals surface area contributed by atoms with E-state index in [0.717, 1.165) is 10.9 Å². The van der Waals surface area contributed by atoms with Crippen LogP contribution in [0.1, 0.15) is 10.4 Å². The first-order valence-corrected chi connectivity index (χ1v) is 9.66. The highest BCUT2D eigenvalue weighted by molar-refractivity contribution is 8.00. The number of nitrogens with zero attached hydrogens (tertiary/aromatic N) is 2. The SMILES string of the molecule is COC(=O)[C@@H]1CN(C(=O)c2ccc3noc(-c4ccccc4)c3c2)CCS1. The van der Waals surface area contributed by atoms with E-state index in [1.54, 1.807) is 17.0 Å². The predicted octanol–water partition coefficient (Wildman–Crippen LogP) is 3.23. The third-order valence-corrected chi connectivity index (χ3v) is 5.74. The van der Waals surface area contributed by atoms with Gasteiger partial charge in [0.2, 0.25) is 0 Å². The second-order valence-electron chi connectivity index (χ2n) is 6.24. The van der Waals surface area contributed by atoms with Gasteiger partial charge in [-0.2, -0.15) is 0 Å². The highest BCUT2D eigenvalue weighted by Gasteiger charge is 2.30. The molecule has 1 fully saturated rings. The summed E-state index contributed by atoms with van der Waals surface area (Å²) in [7, 11) is 1.37. The molecule has 7 heteroatoms. The maximum absolute atomic E-state index is 13.0. The van der Waals surface area contributed by atoms with E-state index >= 15 is 0 Å². The average molecular weight is 382 g/mol. The lowest BCUT2D eigenvalue weighted by atomic mass is 10.1. The van der Waals surface area contributed by atoms with Gasteiger partial charge in [0.1, 0.15) is 10.8 Å². The van der Waals surface area contributed by atoms with Gasteiger partial charge in [-0.05, 0) is 18.2 Å². The molecule has 0 aliphatic carbocycles. The van der Waals surface area contributed by atoms with Crippen molar-refractivity contribution >= 4 is 34.5 Å². The second kappa shape index (κ2) is 7.44. The summed E-state index contributed by atoms with van der Waals surface area (Å²) in [4.78, 5) is 26.5. The van der Waals surface area contributed by atoms with Crippen LogP contribution in [0, 0.1) is 0 Å². The summed E-state index contributed by atoms with van der Waals surface area (Å²) in [6.45, 7) is 0.952. The van der Waals surface area contributed by atoms with E-state index in [-0.39, 0.29) is 17.1 Å². The third kappa shape index (κ3) is 3.42. The van der Waals surface area contributed by atoms with Crippen molar-refractivity contribution in [3.63, 3.8) is 0 Å². The van der Waals surface area contributed by atoms with Crippen molar-refractivity contribution in [1.29, 1.82) is 0 Å². The van der Waals surface area contributed by atoms with E-state index in [1.807, 2.05) is 36.4 Å². The quantitative estimate of drug-likeness (QED) is 0.648. The zero-order valence-corrected chi connectivity index (χ0v) is 15.6. The van der Waals surface area contributed by atoms with E-state index in [2.05, 4.69) is 5.16 Å². The Morgan fingerprint density at radius 3 is 2.81 bits per heavy atom. The fraction of sp³-hybridized carbons (Fsp3) is 0.250. The molecule has 0 unspecified atom stereocenters. The van der Waals surface area contributed by atoms with Crippen LogP contribution in [-0.4, -0.2) is 53.1 Å². The monoisotopic (exact) mass is 382 g/mol. The number of rotatable bonds is 3. The van der Waals surface area contributed by atoms with Crippen LogP contribution in [0.4, 0.5) is 0 Å². The Morgan fingerprint density at radius 1 is 1.22 bits per heavy atom. The second-order valence-corrected chi connectivity index (χ2v) is 7.55. The smallest absolute Gasteiger partial charge is 0.320 e. The van der Waals surface area contributed by atoms with Crippen LogP contribution in [-0.2, 0) is 9.53 Å². The normalized spacial score (nSPS) is 17.1. The van der Waals surface area contributed by atoms with E-state index in [0.29, 0.717) is 35.7 Å². The molecule has 1 saturated heterocycles. The molecule has 1 aliphatic rings. The number of esters is 1. The summed E-state index contributed by atoms with van der Waals surface area (Å²) >= 11 is 1.52. The molecule has 0 radical (unpaired) electrons. The molecule has 1 amide bonds. The molecule has 2 aromatic carbocycles. The molecule has 3 aromatic rings. The molecule has 1 aromatic heterocycles. The molecular weight excluding hydrogens is 364 g/mol. The van der Waals surface area contributed by atoms with E-state index in [1.165, 1.54) is 18.9 Å². The standard InChI is InChI=1S/C20H18N2O4S/c1-25-20(24)17-12-22(9-10-27-17)19(23)14-7-8-16-15(11-14)18(26-21-16)13-5-3-2-4-6-13/h2-8,11,17H,9-10,12H2,1H3/t17-/m0/s1. The maximum Gasteiger partial charge on any atom is 0.320 e. The van der Waals surface area contributed by atoms with Crippen LogP contribution < -0.4 is 0 Å². The van der Waals surface area contributed by atoms with E-state index in [4.69, 9.17) is 9.26 Å². The molecular formula is C20H18N2O4S. The summed E-state index contributed by atoms with van der Waals surface area (Å²) in [5, 5.41) is 4.54. The van der Waals surface area contributed by atoms with Gasteiger partial charge in [0.15, 0.2) is 5.76 Å². The Hall–Kier alpha value is -2.80. The Morgan fingerprint density at radius 2 is 2.04 bits per heavy atom. The van der Waals surface area contributed by atoms with E-state index in [9.17, 15) is 9.59 Å². The highest BCUT2D eigenvalue weighted by Crippen LogP contribution is 2.30. The van der Waals surface area contributed by atoms with E-state index < -0.39 is 0 Å². The van der Waals surface area contributed by atoms with Crippen molar-refractivity contribution in [1.82, 2.24) is 10.1 Å². The van der Waals surface area contributed by atoms with Crippen molar-refractivity contribution in [2.75, 3.05) is 26.0 Å². The van der Waals surface area contributed by atoms with Crippen molar-refractivity contribution in [3.8, 4) is 11.3 Å². The summed E-state index contributed by atoms with van der Waals surface area (Å²) in [6.07, 6.45) is 0. The predicted molar refractivity (Wildman–Crippen MR) is 104 cm³/mol. The van der Waals surface area contributed by atoms with Gasteiger partial charge in [-0.3, -0.25) is 9.59 Å². The first-order chi connectivity index (χ1) is 13.2. The average Bonchev–Trinajstić information content (AvgIpc) is 3.16. The first-order valence-electron chi connectivity index (χ1n) is 8.61. The molecule has 6 nitrogen and oxygen atoms in total. The Labute approximate surface area is 160 Å². The molecule has 138 valence electrons. The number of aromatic nitrogens is 1. The van der Waals surface area contributed by atoms with Gasteiger partial charge in [-0.1, -0.05) is 35.5 Å². The summed E-state index contributed by atoms with van der Waals surface area (Å²) in [5.41, 5.74) is 2.16. The van der Waals surface area contributed by atoms with Crippen molar-refractivity contribution in [2.45, 2.75) is 5.25 Å². The van der Waals surface area contributed by atoms with Crippen LogP contribution >= 0.6 is 11.8 Å². The fourth-order valence-electron chi connectivity index (χ4n) is 3.16.